The third-order valence-electron chi connectivity index (χ3n) is 2.76. The number of aromatic nitrogens is 1. The van der Waals surface area contributed by atoms with Gasteiger partial charge in [-0.3, -0.25) is 4.79 Å². The third-order valence-corrected chi connectivity index (χ3v) is 3.82. The molecule has 0 aliphatic carbocycles. The summed E-state index contributed by atoms with van der Waals surface area (Å²) in [7, 11) is 0. The first-order valence-corrected chi connectivity index (χ1v) is 6.77. The van der Waals surface area contributed by atoms with Crippen molar-refractivity contribution in [2.24, 2.45) is 0 Å². The van der Waals surface area contributed by atoms with E-state index in [0.717, 1.165) is 10.0 Å². The molecule has 4 nitrogen and oxygen atoms in total. The Hall–Kier alpha value is -1.33. The summed E-state index contributed by atoms with van der Waals surface area (Å²) in [6.07, 6.45) is 0. The van der Waals surface area contributed by atoms with E-state index in [4.69, 9.17) is 16.1 Å². The number of amides is 1. The number of anilines is 1. The lowest BCUT2D eigenvalue weighted by Crippen LogP contribution is -2.14. The van der Waals surface area contributed by atoms with E-state index < -0.39 is 0 Å². The molecule has 0 fully saturated rings. The summed E-state index contributed by atoms with van der Waals surface area (Å²) < 4.78 is 5.75. The molecule has 0 spiro atoms. The highest BCUT2D eigenvalue weighted by molar-refractivity contribution is 9.10. The zero-order valence-electron chi connectivity index (χ0n) is 10.7. The highest BCUT2D eigenvalue weighted by atomic mass is 79.9. The Kier molecular flexibility index (Phi) is 3.96. The van der Waals surface area contributed by atoms with E-state index in [-0.39, 0.29) is 5.91 Å². The van der Waals surface area contributed by atoms with Crippen molar-refractivity contribution in [3.8, 4) is 0 Å². The molecule has 0 bridgehead atoms. The summed E-state index contributed by atoms with van der Waals surface area (Å²) in [6, 6.07) is 3.56. The van der Waals surface area contributed by atoms with E-state index in [1.165, 1.54) is 0 Å². The van der Waals surface area contributed by atoms with Crippen LogP contribution in [0.25, 0.3) is 0 Å². The molecule has 0 atom stereocenters. The molecule has 1 N–H and O–H groups in total. The highest BCUT2D eigenvalue weighted by Crippen LogP contribution is 2.29. The van der Waals surface area contributed by atoms with Gasteiger partial charge in [0.25, 0.3) is 5.91 Å². The fourth-order valence-corrected chi connectivity index (χ4v) is 2.45. The normalized spacial score (nSPS) is 10.6. The van der Waals surface area contributed by atoms with Crippen LogP contribution in [0, 0.1) is 20.8 Å². The minimum atomic E-state index is -0.267. The van der Waals surface area contributed by atoms with Crippen LogP contribution >= 0.6 is 27.5 Å². The molecule has 0 radical (unpaired) electrons. The lowest BCUT2D eigenvalue weighted by molar-refractivity contribution is 0.102. The van der Waals surface area contributed by atoms with Gasteiger partial charge in [-0.1, -0.05) is 16.8 Å². The van der Waals surface area contributed by atoms with E-state index in [1.54, 1.807) is 19.9 Å². The lowest BCUT2D eigenvalue weighted by Gasteiger charge is -2.09. The van der Waals surface area contributed by atoms with Crippen molar-refractivity contribution < 1.29 is 9.32 Å². The topological polar surface area (TPSA) is 55.1 Å². The molecule has 1 heterocycles. The molecule has 0 aliphatic heterocycles. The maximum atomic E-state index is 12.2. The third kappa shape index (κ3) is 2.82. The summed E-state index contributed by atoms with van der Waals surface area (Å²) in [4.78, 5) is 12.2. The molecule has 1 aromatic heterocycles. The first-order valence-electron chi connectivity index (χ1n) is 5.60. The van der Waals surface area contributed by atoms with Crippen LogP contribution in [0.15, 0.2) is 21.1 Å². The molecule has 1 amide bonds. The molecule has 1 aromatic carbocycles. The monoisotopic (exact) mass is 342 g/mol. The Morgan fingerprint density at radius 3 is 2.63 bits per heavy atom. The van der Waals surface area contributed by atoms with Crippen LogP contribution in [-0.2, 0) is 0 Å². The second-order valence-corrected chi connectivity index (χ2v) is 5.50. The van der Waals surface area contributed by atoms with Gasteiger partial charge in [-0.05, 0) is 54.4 Å². The number of carbonyl (C=O) groups is 1. The van der Waals surface area contributed by atoms with Gasteiger partial charge in [-0.25, -0.2) is 0 Å². The summed E-state index contributed by atoms with van der Waals surface area (Å²) in [5, 5.41) is 7.15. The maximum absolute atomic E-state index is 12.2. The first kappa shape index (κ1) is 14.1. The average molecular weight is 344 g/mol. The molecule has 0 aliphatic rings. The Morgan fingerprint density at radius 2 is 2.05 bits per heavy atom. The van der Waals surface area contributed by atoms with Crippen LogP contribution in [0.4, 0.5) is 5.69 Å². The van der Waals surface area contributed by atoms with Gasteiger partial charge in [0.1, 0.15) is 11.3 Å². The van der Waals surface area contributed by atoms with Crippen molar-refractivity contribution in [3.05, 3.63) is 44.2 Å². The summed E-state index contributed by atoms with van der Waals surface area (Å²) >= 11 is 9.45. The maximum Gasteiger partial charge on any atom is 0.261 e. The van der Waals surface area contributed by atoms with Gasteiger partial charge in [0.15, 0.2) is 0 Å². The molecule has 19 heavy (non-hydrogen) atoms. The lowest BCUT2D eigenvalue weighted by atomic mass is 10.1. The molecule has 2 aromatic rings. The SMILES string of the molecule is Cc1cc(Br)c(NC(=O)c2c(C)noc2C)cc1Cl. The van der Waals surface area contributed by atoms with Crippen LogP contribution in [0.2, 0.25) is 5.02 Å². The molecular weight excluding hydrogens is 332 g/mol. The number of halogens is 2. The van der Waals surface area contributed by atoms with E-state index >= 15 is 0 Å². The van der Waals surface area contributed by atoms with E-state index in [1.807, 2.05) is 13.0 Å². The molecule has 0 saturated carbocycles. The molecule has 0 saturated heterocycles. The largest absolute Gasteiger partial charge is 0.361 e. The van der Waals surface area contributed by atoms with Crippen molar-refractivity contribution in [3.63, 3.8) is 0 Å². The van der Waals surface area contributed by atoms with E-state index in [0.29, 0.717) is 27.7 Å². The fourth-order valence-electron chi connectivity index (χ4n) is 1.73. The zero-order chi connectivity index (χ0) is 14.2. The zero-order valence-corrected chi connectivity index (χ0v) is 13.0. The van der Waals surface area contributed by atoms with Crippen LogP contribution in [0.5, 0.6) is 0 Å². The van der Waals surface area contributed by atoms with Gasteiger partial charge in [-0.15, -0.1) is 0 Å². The molecule has 100 valence electrons. The Balaban J connectivity index is 2.32. The number of hydrogen-bond donors (Lipinski definition) is 1. The van der Waals surface area contributed by atoms with Crippen molar-refractivity contribution in [1.29, 1.82) is 0 Å². The number of hydrogen-bond acceptors (Lipinski definition) is 3. The van der Waals surface area contributed by atoms with Crippen LogP contribution in [0.1, 0.15) is 27.4 Å². The second-order valence-electron chi connectivity index (χ2n) is 4.23. The molecule has 6 heteroatoms. The van der Waals surface area contributed by atoms with Crippen LogP contribution in [0.3, 0.4) is 0 Å². The smallest absolute Gasteiger partial charge is 0.261 e. The predicted octanol–water partition coefficient (Wildman–Crippen LogP) is 4.27. The number of benzene rings is 1. The van der Waals surface area contributed by atoms with Gasteiger partial charge in [-0.2, -0.15) is 0 Å². The predicted molar refractivity (Wildman–Crippen MR) is 77.8 cm³/mol. The van der Waals surface area contributed by atoms with Gasteiger partial charge < -0.3 is 9.84 Å². The highest BCUT2D eigenvalue weighted by Gasteiger charge is 2.18. The van der Waals surface area contributed by atoms with Crippen molar-refractivity contribution in [2.75, 3.05) is 5.32 Å². The number of aryl methyl sites for hydroxylation is 3. The summed E-state index contributed by atoms with van der Waals surface area (Å²) in [5.74, 6) is 0.223. The van der Waals surface area contributed by atoms with Gasteiger partial charge >= 0.3 is 0 Å². The van der Waals surface area contributed by atoms with Gasteiger partial charge in [0.05, 0.1) is 11.4 Å². The first-order chi connectivity index (χ1) is 8.90. The Labute approximate surface area is 124 Å². The number of nitrogens with zero attached hydrogens (tertiary/aromatic N) is 1. The molecule has 0 unspecified atom stereocenters. The molecule has 2 rings (SSSR count). The van der Waals surface area contributed by atoms with Gasteiger partial charge in [0.2, 0.25) is 0 Å². The quantitative estimate of drug-likeness (QED) is 0.886. The minimum absolute atomic E-state index is 0.267. The fraction of sp³-hybridized carbons (Fsp3) is 0.231. The molecular formula is C13H12BrClN2O2. The van der Waals surface area contributed by atoms with Crippen LogP contribution in [-0.4, -0.2) is 11.1 Å². The number of nitrogens with one attached hydrogen (secondary N) is 1. The summed E-state index contributed by atoms with van der Waals surface area (Å²) in [6.45, 7) is 5.32. The number of carbonyl (C=O) groups excluding carboxylic acids is 1. The average Bonchev–Trinajstić information content (AvgIpc) is 2.66. The van der Waals surface area contributed by atoms with Crippen LogP contribution < -0.4 is 5.32 Å². The van der Waals surface area contributed by atoms with Crippen molar-refractivity contribution in [2.45, 2.75) is 20.8 Å². The minimum Gasteiger partial charge on any atom is -0.361 e. The van der Waals surface area contributed by atoms with E-state index in [9.17, 15) is 4.79 Å². The standard InChI is InChI=1S/C13H12BrClN2O2/c1-6-4-9(14)11(5-10(6)15)16-13(18)12-7(2)17-19-8(12)3/h4-5H,1-3H3,(H,16,18). The second kappa shape index (κ2) is 5.35. The summed E-state index contributed by atoms with van der Waals surface area (Å²) in [5.41, 5.74) is 2.55. The van der Waals surface area contributed by atoms with E-state index in [2.05, 4.69) is 26.4 Å². The van der Waals surface area contributed by atoms with Gasteiger partial charge in [0, 0.05) is 9.50 Å². The Morgan fingerprint density at radius 1 is 1.37 bits per heavy atom. The Bertz CT molecular complexity index is 633. The van der Waals surface area contributed by atoms with Crippen molar-refractivity contribution in [1.82, 2.24) is 5.16 Å². The number of rotatable bonds is 2. The van der Waals surface area contributed by atoms with Crippen molar-refractivity contribution >= 4 is 39.1 Å².